The Morgan fingerprint density at radius 2 is 0.829 bits per heavy atom. The SMILES string of the molecule is CC(CNC(=O)C(F)(F)C(F)(F)C(F)(F)C(F)(F)F)NC(=O)C(F)(F)C(F)(F)C(F)(F)C(F)(F)F. The van der Waals surface area contributed by atoms with E-state index in [0.717, 1.165) is 0 Å². The van der Waals surface area contributed by atoms with Crippen LogP contribution in [0.1, 0.15) is 6.92 Å². The van der Waals surface area contributed by atoms with Crippen LogP contribution in [0.4, 0.5) is 79.0 Å². The van der Waals surface area contributed by atoms with Crippen molar-refractivity contribution < 1.29 is 88.6 Å². The van der Waals surface area contributed by atoms with Crippen LogP contribution >= 0.6 is 0 Å². The number of alkyl halides is 18. The smallest absolute Gasteiger partial charge is 0.349 e. The van der Waals surface area contributed by atoms with Gasteiger partial charge in [0.05, 0.1) is 0 Å². The quantitative estimate of drug-likeness (QED) is 0.403. The molecule has 0 aliphatic carbocycles. The molecule has 0 saturated heterocycles. The lowest BCUT2D eigenvalue weighted by molar-refractivity contribution is -0.388. The summed E-state index contributed by atoms with van der Waals surface area (Å²) in [6.07, 6.45) is -14.6. The molecule has 0 aliphatic heterocycles. The van der Waals surface area contributed by atoms with Gasteiger partial charge in [-0.15, -0.1) is 0 Å². The second-order valence-electron chi connectivity index (χ2n) is 6.53. The Labute approximate surface area is 180 Å². The first-order valence-electron chi connectivity index (χ1n) is 7.94. The highest BCUT2D eigenvalue weighted by Crippen LogP contribution is 2.54. The fraction of sp³-hybridized carbons (Fsp3) is 0.846. The van der Waals surface area contributed by atoms with Gasteiger partial charge in [-0.05, 0) is 6.92 Å². The molecule has 0 spiro atoms. The number of hydrogen-bond acceptors (Lipinski definition) is 2. The standard InChI is InChI=1S/C13H8F18N2O2/c1-3(33-5(35)7(16,17)9(20,21)11(24,25)13(29,30)31)2-32-4(34)6(14,15)8(18,19)10(22,23)12(26,27)28/h3H,2H2,1H3,(H,32,34)(H,33,35). The van der Waals surface area contributed by atoms with Crippen LogP contribution in [0.15, 0.2) is 0 Å². The lowest BCUT2D eigenvalue weighted by atomic mass is 10.0. The number of hydrogen-bond donors (Lipinski definition) is 2. The Balaban J connectivity index is 5.56. The van der Waals surface area contributed by atoms with Crippen LogP contribution in [-0.2, 0) is 9.59 Å². The minimum absolute atomic E-state index is 0.217. The van der Waals surface area contributed by atoms with Crippen LogP contribution in [0.5, 0.6) is 0 Å². The van der Waals surface area contributed by atoms with E-state index >= 15 is 0 Å². The molecule has 35 heavy (non-hydrogen) atoms. The van der Waals surface area contributed by atoms with Crippen LogP contribution in [0.2, 0.25) is 0 Å². The van der Waals surface area contributed by atoms with Crippen LogP contribution in [0.25, 0.3) is 0 Å². The molecule has 0 heterocycles. The first kappa shape index (κ1) is 32.7. The summed E-state index contributed by atoms with van der Waals surface area (Å²) in [5.74, 6) is -51.0. The fourth-order valence-corrected chi connectivity index (χ4v) is 1.76. The lowest BCUT2D eigenvalue weighted by Gasteiger charge is -2.33. The second kappa shape index (κ2) is 8.96. The molecular weight excluding hydrogens is 558 g/mol. The Kier molecular flexibility index (Phi) is 8.37. The van der Waals surface area contributed by atoms with Gasteiger partial charge in [0.2, 0.25) is 0 Å². The van der Waals surface area contributed by atoms with Crippen molar-refractivity contribution in [3.63, 3.8) is 0 Å². The zero-order valence-corrected chi connectivity index (χ0v) is 15.9. The summed E-state index contributed by atoms with van der Waals surface area (Å²) >= 11 is 0. The van der Waals surface area contributed by atoms with Gasteiger partial charge in [-0.1, -0.05) is 0 Å². The molecule has 1 unspecified atom stereocenters. The van der Waals surface area contributed by atoms with Crippen molar-refractivity contribution in [3.8, 4) is 0 Å². The van der Waals surface area contributed by atoms with Crippen molar-refractivity contribution in [1.82, 2.24) is 10.6 Å². The molecule has 0 aromatic heterocycles. The highest BCUT2D eigenvalue weighted by atomic mass is 19.4. The molecule has 2 N–H and O–H groups in total. The van der Waals surface area contributed by atoms with E-state index in [0.29, 0.717) is 10.6 Å². The molecule has 0 bridgehead atoms. The summed E-state index contributed by atoms with van der Waals surface area (Å²) in [6, 6.07) is -2.50. The first-order chi connectivity index (χ1) is 14.9. The van der Waals surface area contributed by atoms with E-state index in [4.69, 9.17) is 0 Å². The van der Waals surface area contributed by atoms with Gasteiger partial charge in [-0.2, -0.15) is 79.0 Å². The number of nitrogens with one attached hydrogen (secondary N) is 2. The number of carbonyl (C=O) groups is 2. The van der Waals surface area contributed by atoms with E-state index in [1.54, 1.807) is 0 Å². The molecule has 0 rings (SSSR count). The average Bonchev–Trinajstić information content (AvgIpc) is 2.63. The van der Waals surface area contributed by atoms with Crippen LogP contribution in [0.3, 0.4) is 0 Å². The number of rotatable bonds is 9. The van der Waals surface area contributed by atoms with Gasteiger partial charge in [0.1, 0.15) is 0 Å². The molecule has 0 aromatic carbocycles. The van der Waals surface area contributed by atoms with Crippen molar-refractivity contribution >= 4 is 11.8 Å². The van der Waals surface area contributed by atoms with Crippen molar-refractivity contribution in [2.24, 2.45) is 0 Å². The Morgan fingerprint density at radius 3 is 1.11 bits per heavy atom. The molecule has 0 aromatic rings. The van der Waals surface area contributed by atoms with Gasteiger partial charge < -0.3 is 10.6 Å². The maximum atomic E-state index is 13.3. The van der Waals surface area contributed by atoms with Crippen LogP contribution in [0, 0.1) is 0 Å². The molecule has 22 heteroatoms. The minimum atomic E-state index is -7.52. The average molecular weight is 566 g/mol. The monoisotopic (exact) mass is 566 g/mol. The summed E-state index contributed by atoms with van der Waals surface area (Å²) in [7, 11) is 0. The van der Waals surface area contributed by atoms with Crippen molar-refractivity contribution in [1.29, 1.82) is 0 Å². The molecule has 4 nitrogen and oxygen atoms in total. The molecular formula is C13H8F18N2O2. The molecule has 0 radical (unpaired) electrons. The van der Waals surface area contributed by atoms with Gasteiger partial charge in [-0.25, -0.2) is 0 Å². The summed E-state index contributed by atoms with van der Waals surface area (Å²) in [5.41, 5.74) is 0. The Bertz CT molecular complexity index is 799. The fourth-order valence-electron chi connectivity index (χ4n) is 1.76. The normalized spacial score (nSPS) is 16.1. The summed E-state index contributed by atoms with van der Waals surface area (Å²) in [4.78, 5) is 22.1. The molecule has 0 saturated carbocycles. The van der Waals surface area contributed by atoms with Gasteiger partial charge in [0.15, 0.2) is 0 Å². The zero-order valence-electron chi connectivity index (χ0n) is 15.9. The van der Waals surface area contributed by atoms with Gasteiger partial charge in [0.25, 0.3) is 11.8 Å². The summed E-state index contributed by atoms with van der Waals surface area (Å²) in [5, 5.41) is 0.962. The third-order valence-electron chi connectivity index (χ3n) is 3.81. The van der Waals surface area contributed by atoms with Crippen LogP contribution < -0.4 is 10.6 Å². The van der Waals surface area contributed by atoms with E-state index in [1.165, 1.54) is 0 Å². The van der Waals surface area contributed by atoms with E-state index in [1.807, 2.05) is 0 Å². The van der Waals surface area contributed by atoms with E-state index in [-0.39, 0.29) is 6.92 Å². The maximum absolute atomic E-state index is 13.3. The second-order valence-corrected chi connectivity index (χ2v) is 6.53. The predicted molar refractivity (Wildman–Crippen MR) is 72.4 cm³/mol. The largest absolute Gasteiger partial charge is 0.460 e. The minimum Gasteiger partial charge on any atom is -0.349 e. The third kappa shape index (κ3) is 5.28. The van der Waals surface area contributed by atoms with Crippen molar-refractivity contribution in [2.45, 2.75) is 60.9 Å². The molecule has 0 aliphatic rings. The highest BCUT2D eigenvalue weighted by molar-refractivity contribution is 5.86. The van der Waals surface area contributed by atoms with Gasteiger partial charge in [-0.3, -0.25) is 9.59 Å². The van der Waals surface area contributed by atoms with E-state index in [2.05, 4.69) is 0 Å². The summed E-state index contributed by atoms with van der Waals surface area (Å²) in [6.45, 7) is -1.71. The zero-order chi connectivity index (χ0) is 28.9. The van der Waals surface area contributed by atoms with Crippen LogP contribution in [-0.4, -0.2) is 72.3 Å². The van der Waals surface area contributed by atoms with E-state index < -0.39 is 72.3 Å². The number of halogens is 18. The molecule has 1 atom stereocenters. The predicted octanol–water partition coefficient (Wildman–Crippen LogP) is 4.54. The molecule has 208 valence electrons. The Morgan fingerprint density at radius 1 is 0.543 bits per heavy atom. The van der Waals surface area contributed by atoms with Crippen molar-refractivity contribution in [2.75, 3.05) is 6.54 Å². The third-order valence-corrected chi connectivity index (χ3v) is 3.81. The van der Waals surface area contributed by atoms with E-state index in [9.17, 15) is 88.6 Å². The molecule has 2 amide bonds. The Hall–Kier alpha value is -2.32. The van der Waals surface area contributed by atoms with Crippen molar-refractivity contribution in [3.05, 3.63) is 0 Å². The van der Waals surface area contributed by atoms with Gasteiger partial charge in [0, 0.05) is 12.6 Å². The lowest BCUT2D eigenvalue weighted by Crippen LogP contribution is -2.67. The molecule has 0 fully saturated rings. The topological polar surface area (TPSA) is 58.2 Å². The van der Waals surface area contributed by atoms with Gasteiger partial charge >= 0.3 is 47.9 Å². The number of amides is 2. The highest BCUT2D eigenvalue weighted by Gasteiger charge is 2.85. The first-order valence-corrected chi connectivity index (χ1v) is 7.94. The maximum Gasteiger partial charge on any atom is 0.460 e. The summed E-state index contributed by atoms with van der Waals surface area (Å²) < 4.78 is 228. The number of carbonyl (C=O) groups excluding carboxylic acids is 2.